The number of anilines is 1. The standard InChI is InChI=1S/C31H27FN2O4/c1-21-7-5-6-10-24(21)19-34(29(35)17-22-8-3-2-4-9-22)30(23-11-13-25(32)14-12-23)31(36)33-26-15-16-27-28(18-26)38-20-37-27/h2-16,18,30H,17,19-20H2,1H3,(H,33,36). The number of ether oxygens (including phenoxy) is 2. The Morgan fingerprint density at radius 3 is 2.37 bits per heavy atom. The van der Waals surface area contributed by atoms with E-state index >= 15 is 0 Å². The van der Waals surface area contributed by atoms with E-state index in [2.05, 4.69) is 5.32 Å². The second kappa shape index (κ2) is 11.2. The predicted octanol–water partition coefficient (Wildman–Crippen LogP) is 5.81. The molecule has 0 aliphatic carbocycles. The van der Waals surface area contributed by atoms with Crippen molar-refractivity contribution in [2.24, 2.45) is 0 Å². The van der Waals surface area contributed by atoms with Crippen LogP contribution in [0.25, 0.3) is 0 Å². The average molecular weight is 511 g/mol. The van der Waals surface area contributed by atoms with Gasteiger partial charge < -0.3 is 19.7 Å². The summed E-state index contributed by atoms with van der Waals surface area (Å²) in [5.41, 5.74) is 3.75. The molecule has 0 spiro atoms. The number of benzene rings is 4. The van der Waals surface area contributed by atoms with Crippen LogP contribution in [0.3, 0.4) is 0 Å². The van der Waals surface area contributed by atoms with Gasteiger partial charge in [-0.05, 0) is 53.4 Å². The van der Waals surface area contributed by atoms with Crippen molar-refractivity contribution in [2.45, 2.75) is 25.9 Å². The quantitative estimate of drug-likeness (QED) is 0.325. The van der Waals surface area contributed by atoms with E-state index in [1.807, 2.05) is 61.5 Å². The molecular weight excluding hydrogens is 483 g/mol. The highest BCUT2D eigenvalue weighted by atomic mass is 19.1. The second-order valence-electron chi connectivity index (χ2n) is 9.12. The number of amides is 2. The average Bonchev–Trinajstić information content (AvgIpc) is 3.39. The third-order valence-corrected chi connectivity index (χ3v) is 6.51. The molecule has 1 atom stereocenters. The lowest BCUT2D eigenvalue weighted by Crippen LogP contribution is -2.41. The number of nitrogens with zero attached hydrogens (tertiary/aromatic N) is 1. The smallest absolute Gasteiger partial charge is 0.251 e. The minimum atomic E-state index is -1.02. The van der Waals surface area contributed by atoms with E-state index in [9.17, 15) is 14.0 Å². The fourth-order valence-electron chi connectivity index (χ4n) is 4.47. The van der Waals surface area contributed by atoms with Gasteiger partial charge in [-0.25, -0.2) is 4.39 Å². The fraction of sp³-hybridized carbons (Fsp3) is 0.161. The molecule has 1 unspecified atom stereocenters. The molecule has 6 nitrogen and oxygen atoms in total. The van der Waals surface area contributed by atoms with Crippen LogP contribution >= 0.6 is 0 Å². The van der Waals surface area contributed by atoms with Gasteiger partial charge in [0.2, 0.25) is 12.7 Å². The van der Waals surface area contributed by atoms with E-state index in [1.165, 1.54) is 12.1 Å². The summed E-state index contributed by atoms with van der Waals surface area (Å²) in [4.78, 5) is 29.3. The Bertz CT molecular complexity index is 1440. The molecule has 2 amide bonds. The maximum atomic E-state index is 13.9. The number of carbonyl (C=O) groups is 2. The van der Waals surface area contributed by atoms with Crippen LogP contribution in [0.2, 0.25) is 0 Å². The molecular formula is C31H27FN2O4. The maximum Gasteiger partial charge on any atom is 0.251 e. The van der Waals surface area contributed by atoms with Crippen LogP contribution in [0.4, 0.5) is 10.1 Å². The Kier molecular flexibility index (Phi) is 7.35. The highest BCUT2D eigenvalue weighted by Gasteiger charge is 2.32. The molecule has 0 bridgehead atoms. The van der Waals surface area contributed by atoms with Crippen LogP contribution in [-0.4, -0.2) is 23.5 Å². The molecule has 0 radical (unpaired) electrons. The Balaban J connectivity index is 1.53. The van der Waals surface area contributed by atoms with Gasteiger partial charge in [0, 0.05) is 18.3 Å². The highest BCUT2D eigenvalue weighted by Crippen LogP contribution is 2.35. The number of rotatable bonds is 8. The predicted molar refractivity (Wildman–Crippen MR) is 142 cm³/mol. The molecule has 0 aromatic heterocycles. The zero-order valence-electron chi connectivity index (χ0n) is 20.9. The van der Waals surface area contributed by atoms with Gasteiger partial charge in [0.15, 0.2) is 11.5 Å². The van der Waals surface area contributed by atoms with Gasteiger partial charge in [0.1, 0.15) is 11.9 Å². The largest absolute Gasteiger partial charge is 0.454 e. The first-order chi connectivity index (χ1) is 18.5. The molecule has 7 heteroatoms. The lowest BCUT2D eigenvalue weighted by atomic mass is 10.00. The van der Waals surface area contributed by atoms with E-state index in [0.717, 1.165) is 16.7 Å². The van der Waals surface area contributed by atoms with E-state index < -0.39 is 17.8 Å². The van der Waals surface area contributed by atoms with Gasteiger partial charge >= 0.3 is 0 Å². The number of halogens is 1. The van der Waals surface area contributed by atoms with Crippen molar-refractivity contribution >= 4 is 17.5 Å². The summed E-state index contributed by atoms with van der Waals surface area (Å²) in [6.07, 6.45) is 0.113. The summed E-state index contributed by atoms with van der Waals surface area (Å²) in [7, 11) is 0. The third kappa shape index (κ3) is 5.67. The second-order valence-corrected chi connectivity index (χ2v) is 9.12. The van der Waals surface area contributed by atoms with Crippen LogP contribution in [0.5, 0.6) is 11.5 Å². The molecule has 1 heterocycles. The molecule has 4 aromatic carbocycles. The third-order valence-electron chi connectivity index (χ3n) is 6.51. The minimum absolute atomic E-state index is 0.113. The first-order valence-electron chi connectivity index (χ1n) is 12.3. The monoisotopic (exact) mass is 510 g/mol. The topological polar surface area (TPSA) is 67.9 Å². The summed E-state index contributed by atoms with van der Waals surface area (Å²) >= 11 is 0. The Morgan fingerprint density at radius 2 is 1.61 bits per heavy atom. The number of nitrogens with one attached hydrogen (secondary N) is 1. The van der Waals surface area contributed by atoms with Crippen LogP contribution in [0, 0.1) is 12.7 Å². The number of hydrogen-bond acceptors (Lipinski definition) is 4. The van der Waals surface area contributed by atoms with Gasteiger partial charge in [-0.15, -0.1) is 0 Å². The summed E-state index contributed by atoms with van der Waals surface area (Å²) in [5, 5.41) is 2.92. The van der Waals surface area contributed by atoms with E-state index in [-0.39, 0.29) is 25.7 Å². The number of aryl methyl sites for hydroxylation is 1. The van der Waals surface area contributed by atoms with Crippen LogP contribution in [0.1, 0.15) is 28.3 Å². The molecule has 0 saturated carbocycles. The van der Waals surface area contributed by atoms with Crippen molar-refractivity contribution in [1.29, 1.82) is 0 Å². The SMILES string of the molecule is Cc1ccccc1CN(C(=O)Cc1ccccc1)C(C(=O)Nc1ccc2c(c1)OCO2)c1ccc(F)cc1. The van der Waals surface area contributed by atoms with Crippen molar-refractivity contribution in [1.82, 2.24) is 4.90 Å². The Hall–Kier alpha value is -4.65. The molecule has 4 aromatic rings. The van der Waals surface area contributed by atoms with Crippen LogP contribution in [0.15, 0.2) is 97.1 Å². The zero-order valence-corrected chi connectivity index (χ0v) is 20.9. The van der Waals surface area contributed by atoms with Gasteiger partial charge in [0.05, 0.1) is 6.42 Å². The molecule has 38 heavy (non-hydrogen) atoms. The Morgan fingerprint density at radius 1 is 0.895 bits per heavy atom. The molecule has 0 saturated heterocycles. The van der Waals surface area contributed by atoms with E-state index in [4.69, 9.17) is 9.47 Å². The van der Waals surface area contributed by atoms with Gasteiger partial charge in [-0.3, -0.25) is 9.59 Å². The summed E-state index contributed by atoms with van der Waals surface area (Å²) in [6, 6.07) is 26.9. The maximum absolute atomic E-state index is 13.9. The molecule has 1 N–H and O–H groups in total. The fourth-order valence-corrected chi connectivity index (χ4v) is 4.47. The Labute approximate surface area is 220 Å². The van der Waals surface area contributed by atoms with Crippen LogP contribution < -0.4 is 14.8 Å². The van der Waals surface area contributed by atoms with Crippen LogP contribution in [-0.2, 0) is 22.6 Å². The summed E-state index contributed by atoms with van der Waals surface area (Å²) < 4.78 is 24.7. The lowest BCUT2D eigenvalue weighted by molar-refractivity contribution is -0.139. The molecule has 0 fully saturated rings. The number of fused-ring (bicyclic) bond motifs is 1. The molecule has 1 aliphatic heterocycles. The first-order valence-corrected chi connectivity index (χ1v) is 12.3. The number of carbonyl (C=O) groups excluding carboxylic acids is 2. The highest BCUT2D eigenvalue weighted by molar-refractivity contribution is 5.98. The minimum Gasteiger partial charge on any atom is -0.454 e. The van der Waals surface area contributed by atoms with Gasteiger partial charge in [-0.1, -0.05) is 66.7 Å². The van der Waals surface area contributed by atoms with E-state index in [1.54, 1.807) is 35.2 Å². The summed E-state index contributed by atoms with van der Waals surface area (Å²) in [5.74, 6) is 0.0418. The summed E-state index contributed by atoms with van der Waals surface area (Å²) in [6.45, 7) is 2.28. The van der Waals surface area contributed by atoms with E-state index in [0.29, 0.717) is 22.7 Å². The van der Waals surface area contributed by atoms with Crippen molar-refractivity contribution in [3.05, 3.63) is 125 Å². The van der Waals surface area contributed by atoms with Crippen molar-refractivity contribution < 1.29 is 23.5 Å². The van der Waals surface area contributed by atoms with Gasteiger partial charge in [0.25, 0.3) is 5.91 Å². The van der Waals surface area contributed by atoms with Crippen molar-refractivity contribution in [3.8, 4) is 11.5 Å². The lowest BCUT2D eigenvalue weighted by Gasteiger charge is -2.32. The normalized spacial score (nSPS) is 12.6. The molecule has 192 valence electrons. The van der Waals surface area contributed by atoms with Crippen molar-refractivity contribution in [3.63, 3.8) is 0 Å². The first kappa shape index (κ1) is 25.0. The van der Waals surface area contributed by atoms with Crippen molar-refractivity contribution in [2.75, 3.05) is 12.1 Å². The molecule has 1 aliphatic rings. The van der Waals surface area contributed by atoms with Gasteiger partial charge in [-0.2, -0.15) is 0 Å². The zero-order chi connectivity index (χ0) is 26.5. The molecule has 5 rings (SSSR count). The number of hydrogen-bond donors (Lipinski definition) is 1.